The van der Waals surface area contributed by atoms with Gasteiger partial charge in [0.1, 0.15) is 5.75 Å². The zero-order valence-electron chi connectivity index (χ0n) is 15.7. The van der Waals surface area contributed by atoms with Crippen LogP contribution in [0.3, 0.4) is 0 Å². The van der Waals surface area contributed by atoms with Crippen LogP contribution in [0, 0.1) is 23.7 Å². The van der Waals surface area contributed by atoms with E-state index in [1.807, 2.05) is 37.3 Å². The first-order valence-corrected chi connectivity index (χ1v) is 9.94. The van der Waals surface area contributed by atoms with Crippen molar-refractivity contribution in [1.29, 1.82) is 0 Å². The van der Waals surface area contributed by atoms with E-state index >= 15 is 0 Å². The van der Waals surface area contributed by atoms with E-state index in [1.54, 1.807) is 0 Å². The van der Waals surface area contributed by atoms with Gasteiger partial charge in [0.2, 0.25) is 12.1 Å². The molecule has 0 aromatic heterocycles. The van der Waals surface area contributed by atoms with E-state index in [4.69, 9.17) is 24.0 Å². The molecule has 1 saturated carbocycles. The normalized spacial score (nSPS) is 50.0. The maximum absolute atomic E-state index is 6.41. The second kappa shape index (κ2) is 5.93. The highest BCUT2D eigenvalue weighted by molar-refractivity contribution is 5.21. The summed E-state index contributed by atoms with van der Waals surface area (Å²) in [5.74, 6) is 1.52. The second-order valence-corrected chi connectivity index (χ2v) is 8.70. The van der Waals surface area contributed by atoms with Gasteiger partial charge in [0.15, 0.2) is 11.9 Å². The van der Waals surface area contributed by atoms with Crippen molar-refractivity contribution >= 4 is 0 Å². The van der Waals surface area contributed by atoms with Crippen LogP contribution in [0.1, 0.15) is 46.5 Å². The third-order valence-electron chi connectivity index (χ3n) is 7.09. The average Bonchev–Trinajstić information content (AvgIpc) is 2.86. The Morgan fingerprint density at radius 1 is 1.00 bits per heavy atom. The molecule has 1 aromatic carbocycles. The molecule has 8 atom stereocenters. The molecule has 0 amide bonds. The van der Waals surface area contributed by atoms with E-state index in [-0.39, 0.29) is 12.2 Å². The van der Waals surface area contributed by atoms with Gasteiger partial charge in [-0.15, -0.1) is 0 Å². The van der Waals surface area contributed by atoms with Gasteiger partial charge in [0, 0.05) is 18.3 Å². The quantitative estimate of drug-likeness (QED) is 0.737. The van der Waals surface area contributed by atoms with E-state index in [0.717, 1.165) is 25.0 Å². The molecule has 1 spiro atoms. The number of ether oxygens (including phenoxy) is 3. The molecular formula is C21H28O5. The van der Waals surface area contributed by atoms with Gasteiger partial charge in [-0.2, -0.15) is 0 Å². The zero-order valence-corrected chi connectivity index (χ0v) is 15.7. The van der Waals surface area contributed by atoms with Crippen LogP contribution in [-0.2, 0) is 19.2 Å². The highest BCUT2D eigenvalue weighted by Crippen LogP contribution is 2.60. The molecule has 4 saturated heterocycles. The molecule has 5 aliphatic rings. The first kappa shape index (κ1) is 17.0. The van der Waals surface area contributed by atoms with Crippen LogP contribution in [0.15, 0.2) is 30.3 Å². The first-order chi connectivity index (χ1) is 12.5. The summed E-state index contributed by atoms with van der Waals surface area (Å²) in [6.07, 6.45) is 3.35. The van der Waals surface area contributed by atoms with Crippen LogP contribution in [0.25, 0.3) is 0 Å². The van der Waals surface area contributed by atoms with E-state index in [0.29, 0.717) is 17.8 Å². The molecule has 5 fully saturated rings. The first-order valence-electron chi connectivity index (χ1n) is 9.94. The Balaban J connectivity index is 1.50. The maximum atomic E-state index is 6.41. The molecule has 2 bridgehead atoms. The molecular weight excluding hydrogens is 332 g/mol. The SMILES string of the molecule is CC1C2CC[C@@H](C)C3CC[C@@]4(C)OO[C@@]23[C@H](O[C@@H]1Oc1ccccc1)O4. The molecule has 3 unspecified atom stereocenters. The highest BCUT2D eigenvalue weighted by Gasteiger charge is 2.69. The van der Waals surface area contributed by atoms with Crippen molar-refractivity contribution in [2.24, 2.45) is 23.7 Å². The second-order valence-electron chi connectivity index (χ2n) is 8.70. The van der Waals surface area contributed by atoms with Gasteiger partial charge in [-0.05, 0) is 50.2 Å². The lowest BCUT2D eigenvalue weighted by Gasteiger charge is -2.60. The van der Waals surface area contributed by atoms with Crippen molar-refractivity contribution in [3.8, 4) is 5.75 Å². The predicted octanol–water partition coefficient (Wildman–Crippen LogP) is 4.27. The van der Waals surface area contributed by atoms with E-state index in [9.17, 15) is 0 Å². The predicted molar refractivity (Wildman–Crippen MR) is 93.9 cm³/mol. The summed E-state index contributed by atoms with van der Waals surface area (Å²) < 4.78 is 19.0. The number of hydrogen-bond donors (Lipinski definition) is 0. The Hall–Kier alpha value is -1.14. The largest absolute Gasteiger partial charge is 0.465 e. The molecule has 5 heteroatoms. The summed E-state index contributed by atoms with van der Waals surface area (Å²) in [5.41, 5.74) is -0.524. The lowest BCUT2D eigenvalue weighted by Crippen LogP contribution is -2.70. The van der Waals surface area contributed by atoms with Gasteiger partial charge < -0.3 is 14.2 Å². The number of rotatable bonds is 2. The van der Waals surface area contributed by atoms with Crippen LogP contribution >= 0.6 is 0 Å². The lowest BCUT2D eigenvalue weighted by molar-refractivity contribution is -0.575. The molecule has 26 heavy (non-hydrogen) atoms. The van der Waals surface area contributed by atoms with Crippen LogP contribution in [0.4, 0.5) is 0 Å². The smallest absolute Gasteiger partial charge is 0.205 e. The number of para-hydroxylation sites is 1. The van der Waals surface area contributed by atoms with Crippen molar-refractivity contribution in [2.75, 3.05) is 0 Å². The molecule has 5 nitrogen and oxygen atoms in total. The third-order valence-corrected chi connectivity index (χ3v) is 7.09. The van der Waals surface area contributed by atoms with Crippen molar-refractivity contribution in [3.05, 3.63) is 30.3 Å². The minimum Gasteiger partial charge on any atom is -0.465 e. The molecule has 0 radical (unpaired) electrons. The van der Waals surface area contributed by atoms with E-state index < -0.39 is 17.7 Å². The van der Waals surface area contributed by atoms with Crippen molar-refractivity contribution in [3.63, 3.8) is 0 Å². The molecule has 4 aliphatic heterocycles. The molecule has 6 rings (SSSR count). The monoisotopic (exact) mass is 360 g/mol. The van der Waals surface area contributed by atoms with Crippen molar-refractivity contribution in [2.45, 2.75) is 70.4 Å². The summed E-state index contributed by atoms with van der Waals surface area (Å²) in [4.78, 5) is 12.0. The standard InChI is InChI=1S/C21H28O5/c1-13-9-10-17-14(2)18(22-15-7-5-4-6-8-15)23-19-21(17)16(13)11-12-20(3,24-19)25-26-21/h4-8,13-14,16-19H,9-12H2,1-3H3/t13-,14?,16?,17?,18+,19-,20-,21-/m1/s1. The lowest BCUT2D eigenvalue weighted by atomic mass is 9.58. The maximum Gasteiger partial charge on any atom is 0.205 e. The van der Waals surface area contributed by atoms with Gasteiger partial charge >= 0.3 is 0 Å². The van der Waals surface area contributed by atoms with Crippen LogP contribution in [0.2, 0.25) is 0 Å². The number of fused-ring (bicyclic) bond motifs is 2. The fourth-order valence-electron chi connectivity index (χ4n) is 5.64. The highest BCUT2D eigenvalue weighted by atomic mass is 17.3. The Kier molecular flexibility index (Phi) is 3.87. The summed E-state index contributed by atoms with van der Waals surface area (Å²) in [6, 6.07) is 9.87. The summed E-state index contributed by atoms with van der Waals surface area (Å²) >= 11 is 0. The van der Waals surface area contributed by atoms with Crippen LogP contribution in [-0.4, -0.2) is 24.0 Å². The molecule has 4 heterocycles. The topological polar surface area (TPSA) is 46.2 Å². The van der Waals surface area contributed by atoms with Gasteiger partial charge in [0.05, 0.1) is 0 Å². The third kappa shape index (κ3) is 2.37. The molecule has 1 aromatic rings. The van der Waals surface area contributed by atoms with Crippen molar-refractivity contribution < 1.29 is 24.0 Å². The minimum absolute atomic E-state index is 0.191. The van der Waals surface area contributed by atoms with Crippen LogP contribution in [0.5, 0.6) is 5.75 Å². The van der Waals surface area contributed by atoms with Gasteiger partial charge in [-0.3, -0.25) is 0 Å². The number of hydrogen-bond acceptors (Lipinski definition) is 5. The van der Waals surface area contributed by atoms with Crippen molar-refractivity contribution in [1.82, 2.24) is 0 Å². The van der Waals surface area contributed by atoms with Gasteiger partial charge in [0.25, 0.3) is 0 Å². The molecule has 142 valence electrons. The fraction of sp³-hybridized carbons (Fsp3) is 0.714. The van der Waals surface area contributed by atoms with E-state index in [2.05, 4.69) is 13.8 Å². The molecule has 0 N–H and O–H groups in total. The van der Waals surface area contributed by atoms with E-state index in [1.165, 1.54) is 6.42 Å². The van der Waals surface area contributed by atoms with Crippen LogP contribution < -0.4 is 4.74 Å². The Morgan fingerprint density at radius 3 is 2.62 bits per heavy atom. The Morgan fingerprint density at radius 2 is 1.81 bits per heavy atom. The van der Waals surface area contributed by atoms with Gasteiger partial charge in [-0.25, -0.2) is 9.78 Å². The summed E-state index contributed by atoms with van der Waals surface area (Å²) in [7, 11) is 0. The Labute approximate surface area is 154 Å². The average molecular weight is 360 g/mol. The fourth-order valence-corrected chi connectivity index (χ4v) is 5.64. The Bertz CT molecular complexity index is 666. The summed E-state index contributed by atoms with van der Waals surface area (Å²) in [5, 5.41) is 0. The zero-order chi connectivity index (χ0) is 17.9. The number of benzene rings is 1. The molecule has 1 aliphatic carbocycles. The minimum atomic E-state index is -0.741. The summed E-state index contributed by atoms with van der Waals surface area (Å²) in [6.45, 7) is 6.48. The van der Waals surface area contributed by atoms with Gasteiger partial charge in [-0.1, -0.05) is 32.0 Å².